The molecule has 0 saturated carbocycles. The van der Waals surface area contributed by atoms with Gasteiger partial charge in [-0.2, -0.15) is 0 Å². The van der Waals surface area contributed by atoms with Gasteiger partial charge in [-0.15, -0.1) is 0 Å². The Kier molecular flexibility index (Phi) is 3.65. The van der Waals surface area contributed by atoms with Crippen LogP contribution in [0.1, 0.15) is 10.4 Å². The Balaban J connectivity index is 2.02. The Hall–Kier alpha value is -2.66. The van der Waals surface area contributed by atoms with Gasteiger partial charge < -0.3 is 9.73 Å². The van der Waals surface area contributed by atoms with Gasteiger partial charge in [-0.1, -0.05) is 23.7 Å². The molecule has 4 nitrogen and oxygen atoms in total. The summed E-state index contributed by atoms with van der Waals surface area (Å²) in [5.41, 5.74) is -0.725. The van der Waals surface area contributed by atoms with Crippen LogP contribution < -0.4 is 10.9 Å². The topological polar surface area (TPSA) is 59.3 Å². The van der Waals surface area contributed by atoms with E-state index in [0.717, 1.165) is 0 Å². The molecule has 2 aromatic carbocycles. The molecule has 0 aliphatic rings. The largest absolute Gasteiger partial charge is 0.422 e. The molecule has 1 N–H and O–H groups in total. The number of nitrogens with one attached hydrogen (secondary N) is 1. The lowest BCUT2D eigenvalue weighted by molar-refractivity contribution is 0.102. The molecular weight excluding hydrogens is 309 g/mol. The van der Waals surface area contributed by atoms with E-state index in [0.29, 0.717) is 16.0 Å². The molecule has 0 unspecified atom stereocenters. The molecule has 0 bridgehead atoms. The molecule has 0 radical (unpaired) electrons. The van der Waals surface area contributed by atoms with Crippen LogP contribution in [0.15, 0.2) is 57.7 Å². The maximum absolute atomic E-state index is 13.5. The van der Waals surface area contributed by atoms with Crippen molar-refractivity contribution >= 4 is 34.2 Å². The summed E-state index contributed by atoms with van der Waals surface area (Å²) in [7, 11) is 0. The van der Waals surface area contributed by atoms with E-state index in [1.165, 1.54) is 30.3 Å². The fourth-order valence-corrected chi connectivity index (χ4v) is 2.19. The zero-order valence-electron chi connectivity index (χ0n) is 11.1. The fraction of sp³-hybridized carbons (Fsp3) is 0. The normalized spacial score (nSPS) is 10.6. The number of fused-ring (bicyclic) bond motifs is 1. The number of carbonyl (C=O) groups excluding carboxylic acids is 1. The molecule has 110 valence electrons. The molecule has 0 aliphatic carbocycles. The van der Waals surface area contributed by atoms with Gasteiger partial charge in [-0.25, -0.2) is 9.18 Å². The number of anilines is 1. The summed E-state index contributed by atoms with van der Waals surface area (Å²) in [4.78, 5) is 24.0. The third-order valence-electron chi connectivity index (χ3n) is 3.06. The van der Waals surface area contributed by atoms with Crippen molar-refractivity contribution in [2.24, 2.45) is 0 Å². The quantitative estimate of drug-likeness (QED) is 0.731. The first-order valence-electron chi connectivity index (χ1n) is 6.34. The molecule has 0 fully saturated rings. The van der Waals surface area contributed by atoms with Gasteiger partial charge in [-0.3, -0.25) is 4.79 Å². The highest BCUT2D eigenvalue weighted by molar-refractivity contribution is 6.31. The fourth-order valence-electron chi connectivity index (χ4n) is 2.00. The number of hydrogen-bond acceptors (Lipinski definition) is 3. The molecule has 1 aromatic heterocycles. The maximum Gasteiger partial charge on any atom is 0.349 e. The Labute approximate surface area is 129 Å². The van der Waals surface area contributed by atoms with Crippen LogP contribution in [0.3, 0.4) is 0 Å². The van der Waals surface area contributed by atoms with Crippen molar-refractivity contribution in [1.29, 1.82) is 0 Å². The van der Waals surface area contributed by atoms with Gasteiger partial charge >= 0.3 is 5.63 Å². The summed E-state index contributed by atoms with van der Waals surface area (Å²) in [6, 6.07) is 11.7. The zero-order chi connectivity index (χ0) is 15.7. The van der Waals surface area contributed by atoms with Crippen molar-refractivity contribution in [1.82, 2.24) is 0 Å². The lowest BCUT2D eigenvalue weighted by Crippen LogP contribution is -2.21. The molecule has 1 amide bonds. The summed E-state index contributed by atoms with van der Waals surface area (Å²) >= 11 is 5.87. The zero-order valence-corrected chi connectivity index (χ0v) is 11.9. The number of amides is 1. The molecule has 0 spiro atoms. The minimum absolute atomic E-state index is 0.0157. The minimum Gasteiger partial charge on any atom is -0.422 e. The predicted octanol–water partition coefficient (Wildman–Crippen LogP) is 3.84. The monoisotopic (exact) mass is 317 g/mol. The van der Waals surface area contributed by atoms with Crippen molar-refractivity contribution in [2.45, 2.75) is 0 Å². The van der Waals surface area contributed by atoms with Crippen molar-refractivity contribution in [3.05, 3.63) is 75.4 Å². The molecule has 1 heterocycles. The van der Waals surface area contributed by atoms with E-state index < -0.39 is 17.3 Å². The summed E-state index contributed by atoms with van der Waals surface area (Å²) < 4.78 is 18.6. The highest BCUT2D eigenvalue weighted by Crippen LogP contribution is 2.19. The van der Waals surface area contributed by atoms with Gasteiger partial charge in [0.05, 0.1) is 5.69 Å². The standard InChI is InChI=1S/C16H9ClFNO3/c17-10-5-6-14-9(7-10)8-11(16(21)22-14)15(20)19-13-4-2-1-3-12(13)18/h1-8H,(H,19,20). The molecule has 0 aliphatic heterocycles. The Morgan fingerprint density at radius 2 is 1.91 bits per heavy atom. The van der Waals surface area contributed by atoms with E-state index in [1.807, 2.05) is 0 Å². The Morgan fingerprint density at radius 1 is 1.14 bits per heavy atom. The molecule has 3 aromatic rings. The molecule has 0 saturated heterocycles. The summed E-state index contributed by atoms with van der Waals surface area (Å²) in [6.07, 6.45) is 0. The molecule has 6 heteroatoms. The van der Waals surface area contributed by atoms with E-state index in [1.54, 1.807) is 18.2 Å². The maximum atomic E-state index is 13.5. The minimum atomic E-state index is -0.802. The molecule has 3 rings (SSSR count). The molecule has 22 heavy (non-hydrogen) atoms. The van der Waals surface area contributed by atoms with Crippen LogP contribution in [0.25, 0.3) is 11.0 Å². The smallest absolute Gasteiger partial charge is 0.349 e. The number of carbonyl (C=O) groups is 1. The summed E-state index contributed by atoms with van der Waals surface area (Å²) in [5.74, 6) is -1.34. The van der Waals surface area contributed by atoms with Crippen molar-refractivity contribution < 1.29 is 13.6 Å². The third-order valence-corrected chi connectivity index (χ3v) is 3.30. The van der Waals surface area contributed by atoms with Crippen LogP contribution in [-0.4, -0.2) is 5.91 Å². The number of para-hydroxylation sites is 1. The van der Waals surface area contributed by atoms with Crippen molar-refractivity contribution in [3.63, 3.8) is 0 Å². The van der Waals surface area contributed by atoms with Gasteiger partial charge in [0.2, 0.25) is 0 Å². The first kappa shape index (κ1) is 14.3. The third kappa shape index (κ3) is 2.71. The Morgan fingerprint density at radius 3 is 2.68 bits per heavy atom. The van der Waals surface area contributed by atoms with E-state index in [2.05, 4.69) is 5.32 Å². The second kappa shape index (κ2) is 5.61. The Bertz CT molecular complexity index is 936. The van der Waals surface area contributed by atoms with E-state index >= 15 is 0 Å². The van der Waals surface area contributed by atoms with E-state index in [-0.39, 0.29) is 11.3 Å². The van der Waals surface area contributed by atoms with Crippen molar-refractivity contribution in [2.75, 3.05) is 5.32 Å². The highest BCUT2D eigenvalue weighted by atomic mass is 35.5. The van der Waals surface area contributed by atoms with Crippen LogP contribution in [0, 0.1) is 5.82 Å². The second-order valence-electron chi connectivity index (χ2n) is 4.56. The van der Waals surface area contributed by atoms with Gasteiger partial charge in [0.25, 0.3) is 5.91 Å². The van der Waals surface area contributed by atoms with Crippen LogP contribution in [0.4, 0.5) is 10.1 Å². The van der Waals surface area contributed by atoms with Crippen molar-refractivity contribution in [3.8, 4) is 0 Å². The average Bonchev–Trinajstić information content (AvgIpc) is 2.49. The van der Waals surface area contributed by atoms with Crippen LogP contribution in [-0.2, 0) is 0 Å². The summed E-state index contributed by atoms with van der Waals surface area (Å²) in [5, 5.41) is 3.29. The average molecular weight is 318 g/mol. The lowest BCUT2D eigenvalue weighted by Gasteiger charge is -2.06. The molecular formula is C16H9ClFNO3. The predicted molar refractivity (Wildman–Crippen MR) is 81.8 cm³/mol. The van der Waals surface area contributed by atoms with Gasteiger partial charge in [-0.05, 0) is 36.4 Å². The van der Waals surface area contributed by atoms with E-state index in [9.17, 15) is 14.0 Å². The van der Waals surface area contributed by atoms with Gasteiger partial charge in [0, 0.05) is 10.4 Å². The van der Waals surface area contributed by atoms with E-state index in [4.69, 9.17) is 16.0 Å². The molecule has 0 atom stereocenters. The lowest BCUT2D eigenvalue weighted by atomic mass is 10.1. The number of benzene rings is 2. The first-order valence-corrected chi connectivity index (χ1v) is 6.72. The number of halogens is 2. The number of hydrogen-bond donors (Lipinski definition) is 1. The SMILES string of the molecule is O=C(Nc1ccccc1F)c1cc2cc(Cl)ccc2oc1=O. The first-order chi connectivity index (χ1) is 10.5. The highest BCUT2D eigenvalue weighted by Gasteiger charge is 2.15. The van der Waals surface area contributed by atoms with Gasteiger partial charge in [0.15, 0.2) is 0 Å². The summed E-state index contributed by atoms with van der Waals surface area (Å²) in [6.45, 7) is 0. The number of rotatable bonds is 2. The van der Waals surface area contributed by atoms with Crippen LogP contribution in [0.2, 0.25) is 5.02 Å². The van der Waals surface area contributed by atoms with Gasteiger partial charge in [0.1, 0.15) is 17.0 Å². The van der Waals surface area contributed by atoms with Crippen LogP contribution in [0.5, 0.6) is 0 Å². The second-order valence-corrected chi connectivity index (χ2v) is 5.00. The van der Waals surface area contributed by atoms with Crippen LogP contribution >= 0.6 is 11.6 Å².